The summed E-state index contributed by atoms with van der Waals surface area (Å²) in [6.07, 6.45) is -0.566. The molecule has 0 aliphatic rings. The number of ether oxygens (including phenoxy) is 1. The fourth-order valence-electron chi connectivity index (χ4n) is 0.856. The van der Waals surface area contributed by atoms with Gasteiger partial charge in [0.1, 0.15) is 12.5 Å². The molecule has 0 aliphatic heterocycles. The first-order valence-electron chi connectivity index (χ1n) is 4.59. The highest BCUT2D eigenvalue weighted by Gasteiger charge is 2.04. The van der Waals surface area contributed by atoms with Crippen LogP contribution in [0, 0.1) is 0 Å². The third-order valence-electron chi connectivity index (χ3n) is 1.42. The van der Waals surface area contributed by atoms with Gasteiger partial charge in [0.15, 0.2) is 0 Å². The Balaban J connectivity index is -0.000000410. The molecule has 1 aromatic carbocycles. The van der Waals surface area contributed by atoms with Crippen LogP contribution in [0.4, 0.5) is 10.5 Å². The average Bonchev–Trinajstić information content (AvgIpc) is 2.23. The molecule has 0 aromatic heterocycles. The van der Waals surface area contributed by atoms with Crippen LogP contribution in [-0.2, 0) is 4.74 Å². The second-order valence-electron chi connectivity index (χ2n) is 2.50. The van der Waals surface area contributed by atoms with E-state index in [0.29, 0.717) is 12.3 Å². The number of hydrogen-bond donors (Lipinski definition) is 4. The summed E-state index contributed by atoms with van der Waals surface area (Å²) in [6, 6.07) is 6.46. The maximum Gasteiger partial charge on any atom is 0.411 e. The van der Waals surface area contributed by atoms with Gasteiger partial charge in [0.25, 0.3) is 0 Å². The Kier molecular flexibility index (Phi) is 15.8. The standard InChI is InChI=1S/C9H11NO3.CH4O2.2CH4/c1-2-13-9(12)10-7-5-3-4-6-8(7)11;2-1-3;;/h3-6,11H,2H2,1H3,(H,10,12);2-3H,1H2;2*1H4. The molecule has 1 amide bonds. The van der Waals surface area contributed by atoms with Gasteiger partial charge in [0.2, 0.25) is 0 Å². The molecule has 0 aliphatic carbocycles. The predicted octanol–water partition coefficient (Wildman–Crippen LogP) is 2.16. The van der Waals surface area contributed by atoms with Crippen molar-refractivity contribution in [2.75, 3.05) is 18.7 Å². The molecule has 0 heterocycles. The van der Waals surface area contributed by atoms with Gasteiger partial charge in [-0.15, -0.1) is 0 Å². The van der Waals surface area contributed by atoms with Crippen molar-refractivity contribution in [1.29, 1.82) is 0 Å². The molecule has 1 rings (SSSR count). The van der Waals surface area contributed by atoms with E-state index in [1.54, 1.807) is 25.1 Å². The number of anilines is 1. The van der Waals surface area contributed by atoms with Gasteiger partial charge >= 0.3 is 6.09 Å². The van der Waals surface area contributed by atoms with Crippen molar-refractivity contribution in [2.24, 2.45) is 0 Å². The van der Waals surface area contributed by atoms with Crippen LogP contribution in [0.15, 0.2) is 24.3 Å². The lowest BCUT2D eigenvalue weighted by Gasteiger charge is -2.05. The van der Waals surface area contributed by atoms with Crippen molar-refractivity contribution in [3.05, 3.63) is 24.3 Å². The van der Waals surface area contributed by atoms with Gasteiger partial charge in [-0.1, -0.05) is 27.0 Å². The van der Waals surface area contributed by atoms with E-state index in [4.69, 9.17) is 10.2 Å². The van der Waals surface area contributed by atoms with Crippen LogP contribution in [0.3, 0.4) is 0 Å². The Bertz CT molecular complexity index is 317. The Morgan fingerprint density at radius 1 is 1.28 bits per heavy atom. The van der Waals surface area contributed by atoms with E-state index in [1.165, 1.54) is 6.07 Å². The van der Waals surface area contributed by atoms with Crippen LogP contribution in [0.1, 0.15) is 21.8 Å². The van der Waals surface area contributed by atoms with Gasteiger partial charge in [-0.25, -0.2) is 4.79 Å². The number of phenols is 1. The number of carbonyl (C=O) groups excluding carboxylic acids is 1. The van der Waals surface area contributed by atoms with Gasteiger partial charge in [0, 0.05) is 0 Å². The number of nitrogens with one attached hydrogen (secondary N) is 1. The van der Waals surface area contributed by atoms with Crippen LogP contribution in [0.25, 0.3) is 0 Å². The molecule has 0 atom stereocenters. The van der Waals surface area contributed by atoms with Crippen molar-refractivity contribution in [1.82, 2.24) is 0 Å². The molecule has 6 nitrogen and oxygen atoms in total. The number of aromatic hydroxyl groups is 1. The minimum Gasteiger partial charge on any atom is -0.506 e. The fourth-order valence-corrected chi connectivity index (χ4v) is 0.856. The number of para-hydroxylation sites is 2. The van der Waals surface area contributed by atoms with Crippen LogP contribution < -0.4 is 5.32 Å². The zero-order valence-corrected chi connectivity index (χ0v) is 8.88. The summed E-state index contributed by atoms with van der Waals surface area (Å²) >= 11 is 0. The van der Waals surface area contributed by atoms with Gasteiger partial charge in [-0.3, -0.25) is 5.32 Å². The summed E-state index contributed by atoms with van der Waals surface area (Å²) in [7, 11) is 0. The van der Waals surface area contributed by atoms with Gasteiger partial charge in [-0.2, -0.15) is 0 Å². The summed E-state index contributed by atoms with van der Waals surface area (Å²) < 4.78 is 4.64. The van der Waals surface area contributed by atoms with E-state index in [1.807, 2.05) is 0 Å². The first-order chi connectivity index (χ1) is 7.65. The Hall–Kier alpha value is -1.79. The number of hydrogen-bond acceptors (Lipinski definition) is 5. The van der Waals surface area contributed by atoms with Crippen molar-refractivity contribution in [3.8, 4) is 5.75 Å². The monoisotopic (exact) mass is 261 g/mol. The predicted molar refractivity (Wildman–Crippen MR) is 71.5 cm³/mol. The lowest BCUT2D eigenvalue weighted by molar-refractivity contribution is 0.0773. The minimum absolute atomic E-state index is 0. The molecule has 106 valence electrons. The molecule has 0 spiro atoms. The summed E-state index contributed by atoms with van der Waals surface area (Å²) in [5.74, 6) is 0.0237. The molecule has 0 radical (unpaired) electrons. The number of rotatable bonds is 2. The molecule has 0 fully saturated rings. The maximum atomic E-state index is 10.9. The quantitative estimate of drug-likeness (QED) is 0.483. The first-order valence-corrected chi connectivity index (χ1v) is 4.59. The van der Waals surface area contributed by atoms with Gasteiger partial charge < -0.3 is 20.1 Å². The smallest absolute Gasteiger partial charge is 0.411 e. The fraction of sp³-hybridized carbons (Fsp3) is 0.417. The van der Waals surface area contributed by atoms with E-state index in [0.717, 1.165) is 0 Å². The first kappa shape index (κ1) is 21.5. The highest BCUT2D eigenvalue weighted by molar-refractivity contribution is 5.86. The second kappa shape index (κ2) is 13.3. The summed E-state index contributed by atoms with van der Waals surface area (Å²) in [6.45, 7) is 1.27. The minimum atomic E-state index is -0.750. The number of aliphatic hydroxyl groups excluding tert-OH is 1. The molecule has 0 saturated carbocycles. The highest BCUT2D eigenvalue weighted by Crippen LogP contribution is 2.21. The number of benzene rings is 1. The van der Waals surface area contributed by atoms with E-state index >= 15 is 0 Å². The Labute approximate surface area is 108 Å². The van der Waals surface area contributed by atoms with Crippen LogP contribution >= 0.6 is 0 Å². The Morgan fingerprint density at radius 2 is 1.78 bits per heavy atom. The molecule has 6 heteroatoms. The normalized spacial score (nSPS) is 7.72. The van der Waals surface area contributed by atoms with Crippen LogP contribution in [0.5, 0.6) is 5.75 Å². The summed E-state index contributed by atoms with van der Waals surface area (Å²) in [4.78, 5) is 10.9. The number of amides is 1. The van der Waals surface area contributed by atoms with Gasteiger partial charge in [0.05, 0.1) is 12.3 Å². The lowest BCUT2D eigenvalue weighted by atomic mass is 10.3. The molecule has 0 saturated heterocycles. The molecular weight excluding hydrogens is 238 g/mol. The van der Waals surface area contributed by atoms with Crippen LogP contribution in [-0.4, -0.2) is 34.8 Å². The molecule has 0 unspecified atom stereocenters. The summed E-state index contributed by atoms with van der Waals surface area (Å²) in [5, 5.41) is 25.9. The number of aliphatic hydroxyl groups is 2. The van der Waals surface area contributed by atoms with E-state index < -0.39 is 12.9 Å². The summed E-state index contributed by atoms with van der Waals surface area (Å²) in [5.41, 5.74) is 0.348. The van der Waals surface area contributed by atoms with E-state index in [-0.39, 0.29) is 20.6 Å². The maximum absolute atomic E-state index is 10.9. The third-order valence-corrected chi connectivity index (χ3v) is 1.42. The zero-order chi connectivity index (χ0) is 12.4. The highest BCUT2D eigenvalue weighted by atomic mass is 16.5. The Morgan fingerprint density at radius 3 is 2.22 bits per heavy atom. The van der Waals surface area contributed by atoms with Crippen LogP contribution in [0.2, 0.25) is 0 Å². The molecule has 0 bridgehead atoms. The zero-order valence-electron chi connectivity index (χ0n) is 8.88. The SMILES string of the molecule is C.C.CCOC(=O)Nc1ccccc1O.OCO. The van der Waals surface area contributed by atoms with E-state index in [9.17, 15) is 9.90 Å². The average molecular weight is 261 g/mol. The molecule has 4 N–H and O–H groups in total. The van der Waals surface area contributed by atoms with E-state index in [2.05, 4.69) is 10.1 Å². The topological polar surface area (TPSA) is 99.0 Å². The van der Waals surface area contributed by atoms with Gasteiger partial charge in [-0.05, 0) is 19.1 Å². The largest absolute Gasteiger partial charge is 0.506 e. The second-order valence-corrected chi connectivity index (χ2v) is 2.50. The lowest BCUT2D eigenvalue weighted by Crippen LogP contribution is -2.13. The third kappa shape index (κ3) is 9.44. The van der Waals surface area contributed by atoms with Crippen molar-refractivity contribution in [2.45, 2.75) is 21.8 Å². The number of carbonyl (C=O) groups is 1. The van der Waals surface area contributed by atoms with Crippen molar-refractivity contribution < 1.29 is 24.9 Å². The number of phenolic OH excluding ortho intramolecular Hbond substituents is 1. The van der Waals surface area contributed by atoms with Crippen molar-refractivity contribution in [3.63, 3.8) is 0 Å². The molecule has 1 aromatic rings. The van der Waals surface area contributed by atoms with Crippen molar-refractivity contribution >= 4 is 11.8 Å². The molecular formula is C12H23NO5. The molecule has 18 heavy (non-hydrogen) atoms.